The molecule has 0 bridgehead atoms. The number of rotatable bonds is 25. The summed E-state index contributed by atoms with van der Waals surface area (Å²) in [5.74, 6) is 0. The zero-order chi connectivity index (χ0) is 30.4. The predicted molar refractivity (Wildman–Crippen MR) is 192 cm³/mol. The van der Waals surface area contributed by atoms with Crippen LogP contribution in [0.5, 0.6) is 0 Å². The van der Waals surface area contributed by atoms with Crippen LogP contribution >= 0.6 is 11.3 Å². The van der Waals surface area contributed by atoms with E-state index in [0.29, 0.717) is 0 Å². The van der Waals surface area contributed by atoms with Crippen LogP contribution in [0.1, 0.15) is 142 Å². The van der Waals surface area contributed by atoms with Crippen molar-refractivity contribution in [3.63, 3.8) is 0 Å². The average molecular weight is 604 g/mol. The number of nitrogens with zero attached hydrogens (tertiary/aromatic N) is 2. The molecule has 0 amide bonds. The molecule has 2 nitrogen and oxygen atoms in total. The van der Waals surface area contributed by atoms with Gasteiger partial charge in [0.2, 0.25) is 0 Å². The van der Waals surface area contributed by atoms with Crippen LogP contribution in [0.3, 0.4) is 0 Å². The minimum absolute atomic E-state index is 1.20. The van der Waals surface area contributed by atoms with E-state index in [1.54, 1.807) is 0 Å². The minimum atomic E-state index is 1.20. The van der Waals surface area contributed by atoms with Crippen LogP contribution in [-0.4, -0.2) is 13.1 Å². The third kappa shape index (κ3) is 14.5. The van der Waals surface area contributed by atoms with Gasteiger partial charge in [0.15, 0.2) is 12.4 Å². The number of thiophene rings is 1. The molecule has 0 saturated heterocycles. The zero-order valence-electron chi connectivity index (χ0n) is 28.1. The standard InChI is InChI=1S/C40H63N2S/c1-4-6-8-10-12-14-16-18-20-22-32-42(33-23-21-19-17-15-13-11-9-7-5-2)38-26-24-36(25-27-38)39-28-29-40(43-39)37-30-34-41(3)35-31-37/h24-31,34-35H,4-23,32-33H2,1-3H3/q+1. The lowest BCUT2D eigenvalue weighted by Crippen LogP contribution is -2.25. The average Bonchev–Trinajstić information content (AvgIpc) is 3.53. The third-order valence-electron chi connectivity index (χ3n) is 8.95. The molecule has 3 heteroatoms. The highest BCUT2D eigenvalue weighted by Crippen LogP contribution is 2.35. The van der Waals surface area contributed by atoms with Crippen molar-refractivity contribution in [1.82, 2.24) is 0 Å². The molecule has 0 radical (unpaired) electrons. The number of pyridine rings is 1. The Morgan fingerprint density at radius 2 is 0.837 bits per heavy atom. The molecule has 0 atom stereocenters. The first kappa shape index (κ1) is 35.4. The number of unbranched alkanes of at least 4 members (excludes halogenated alkanes) is 18. The lowest BCUT2D eigenvalue weighted by atomic mass is 10.1. The summed E-state index contributed by atoms with van der Waals surface area (Å²) in [4.78, 5) is 5.37. The topological polar surface area (TPSA) is 7.12 Å². The molecule has 2 aromatic heterocycles. The Hall–Kier alpha value is -2.13. The summed E-state index contributed by atoms with van der Waals surface area (Å²) in [7, 11) is 2.07. The van der Waals surface area contributed by atoms with E-state index in [2.05, 4.69) is 91.3 Å². The second kappa shape index (κ2) is 22.4. The maximum atomic E-state index is 2.68. The second-order valence-electron chi connectivity index (χ2n) is 12.8. The van der Waals surface area contributed by atoms with Gasteiger partial charge in [0.05, 0.1) is 0 Å². The number of anilines is 1. The second-order valence-corrected chi connectivity index (χ2v) is 13.9. The van der Waals surface area contributed by atoms with Gasteiger partial charge in [-0.25, -0.2) is 4.57 Å². The molecule has 0 unspecified atom stereocenters. The van der Waals surface area contributed by atoms with E-state index < -0.39 is 0 Å². The van der Waals surface area contributed by atoms with Crippen molar-refractivity contribution in [2.45, 2.75) is 142 Å². The van der Waals surface area contributed by atoms with Gasteiger partial charge in [-0.15, -0.1) is 11.3 Å². The highest BCUT2D eigenvalue weighted by Gasteiger charge is 2.10. The summed E-state index contributed by atoms with van der Waals surface area (Å²) < 4.78 is 2.09. The van der Waals surface area contributed by atoms with Gasteiger partial charge in [-0.2, -0.15) is 0 Å². The maximum absolute atomic E-state index is 2.68. The molecule has 0 aliphatic heterocycles. The number of benzene rings is 1. The molecule has 238 valence electrons. The third-order valence-corrected chi connectivity index (χ3v) is 10.1. The first-order chi connectivity index (χ1) is 21.2. The molecule has 0 fully saturated rings. The minimum Gasteiger partial charge on any atom is -0.372 e. The zero-order valence-corrected chi connectivity index (χ0v) is 28.9. The molecule has 0 aliphatic rings. The van der Waals surface area contributed by atoms with Crippen molar-refractivity contribution >= 4 is 17.0 Å². The fraction of sp³-hybridized carbons (Fsp3) is 0.625. The summed E-state index contributed by atoms with van der Waals surface area (Å²) >= 11 is 1.89. The van der Waals surface area contributed by atoms with E-state index in [1.807, 2.05) is 11.3 Å². The molecule has 3 aromatic rings. The summed E-state index contributed by atoms with van der Waals surface area (Å²) in [6.45, 7) is 7.00. The molecule has 0 N–H and O–H groups in total. The van der Waals surface area contributed by atoms with Crippen molar-refractivity contribution in [3.05, 3.63) is 60.9 Å². The van der Waals surface area contributed by atoms with Gasteiger partial charge in [-0.05, 0) is 42.7 Å². The molecule has 0 saturated carbocycles. The lowest BCUT2D eigenvalue weighted by Gasteiger charge is -2.25. The van der Waals surface area contributed by atoms with Crippen LogP contribution in [0.4, 0.5) is 5.69 Å². The molecule has 2 heterocycles. The smallest absolute Gasteiger partial charge is 0.169 e. The van der Waals surface area contributed by atoms with E-state index >= 15 is 0 Å². The van der Waals surface area contributed by atoms with E-state index in [9.17, 15) is 0 Å². The van der Waals surface area contributed by atoms with Crippen molar-refractivity contribution < 1.29 is 4.57 Å². The highest BCUT2D eigenvalue weighted by atomic mass is 32.1. The van der Waals surface area contributed by atoms with Crippen LogP contribution in [0.25, 0.3) is 20.9 Å². The van der Waals surface area contributed by atoms with E-state index in [-0.39, 0.29) is 0 Å². The van der Waals surface area contributed by atoms with Crippen LogP contribution in [-0.2, 0) is 7.05 Å². The molecule has 0 aliphatic carbocycles. The lowest BCUT2D eigenvalue weighted by molar-refractivity contribution is -0.671. The fourth-order valence-electron chi connectivity index (χ4n) is 6.10. The summed E-state index contributed by atoms with van der Waals surface area (Å²) in [6, 6.07) is 18.4. The van der Waals surface area contributed by atoms with Gasteiger partial charge in [-0.3, -0.25) is 0 Å². The highest BCUT2D eigenvalue weighted by molar-refractivity contribution is 7.18. The molecule has 0 spiro atoms. The van der Waals surface area contributed by atoms with Gasteiger partial charge < -0.3 is 4.90 Å². The number of aryl methyl sites for hydroxylation is 1. The Labute approximate surface area is 269 Å². The molecular weight excluding hydrogens is 541 g/mol. The van der Waals surface area contributed by atoms with Crippen LogP contribution in [0.2, 0.25) is 0 Å². The number of hydrogen-bond donors (Lipinski definition) is 0. The summed E-state index contributed by atoms with van der Waals surface area (Å²) in [5.41, 5.74) is 4.03. The first-order valence-electron chi connectivity index (χ1n) is 18.1. The monoisotopic (exact) mass is 603 g/mol. The largest absolute Gasteiger partial charge is 0.372 e. The van der Waals surface area contributed by atoms with Crippen LogP contribution in [0.15, 0.2) is 60.9 Å². The maximum Gasteiger partial charge on any atom is 0.169 e. The Bertz CT molecular complexity index is 1040. The number of hydrogen-bond acceptors (Lipinski definition) is 2. The SMILES string of the molecule is CCCCCCCCCCCCN(CCCCCCCCCCCC)c1ccc(-c2ccc(-c3cc[n+](C)cc3)s2)cc1. The first-order valence-corrected chi connectivity index (χ1v) is 18.9. The normalized spacial score (nSPS) is 11.3. The Morgan fingerprint density at radius 1 is 0.465 bits per heavy atom. The Kier molecular flexibility index (Phi) is 18.4. The Morgan fingerprint density at radius 3 is 1.26 bits per heavy atom. The molecule has 3 rings (SSSR count). The van der Waals surface area contributed by atoms with Gasteiger partial charge in [-0.1, -0.05) is 142 Å². The van der Waals surface area contributed by atoms with E-state index in [1.165, 1.54) is 168 Å². The predicted octanol–water partition coefficient (Wildman–Crippen LogP) is 12.6. The van der Waals surface area contributed by atoms with E-state index in [4.69, 9.17) is 0 Å². The van der Waals surface area contributed by atoms with Gasteiger partial charge in [0, 0.05) is 46.2 Å². The summed E-state index contributed by atoms with van der Waals surface area (Å²) in [6.07, 6.45) is 32.3. The summed E-state index contributed by atoms with van der Waals surface area (Å²) in [5, 5.41) is 0. The van der Waals surface area contributed by atoms with Crippen molar-refractivity contribution in [3.8, 4) is 20.9 Å². The molecule has 43 heavy (non-hydrogen) atoms. The van der Waals surface area contributed by atoms with Crippen molar-refractivity contribution in [1.29, 1.82) is 0 Å². The molecular formula is C40H63N2S+. The van der Waals surface area contributed by atoms with Gasteiger partial charge in [0.25, 0.3) is 0 Å². The quantitative estimate of drug-likeness (QED) is 0.0690. The van der Waals surface area contributed by atoms with E-state index in [0.717, 1.165) is 0 Å². The van der Waals surface area contributed by atoms with Crippen molar-refractivity contribution in [2.75, 3.05) is 18.0 Å². The van der Waals surface area contributed by atoms with Crippen molar-refractivity contribution in [2.24, 2.45) is 7.05 Å². The van der Waals surface area contributed by atoms with Crippen LogP contribution in [0, 0.1) is 0 Å². The van der Waals surface area contributed by atoms with Gasteiger partial charge >= 0.3 is 0 Å². The Balaban J connectivity index is 1.47. The van der Waals surface area contributed by atoms with Gasteiger partial charge in [0.1, 0.15) is 7.05 Å². The number of aromatic nitrogens is 1. The fourth-order valence-corrected chi connectivity index (χ4v) is 7.12. The van der Waals surface area contributed by atoms with Crippen LogP contribution < -0.4 is 9.47 Å². The molecule has 1 aromatic carbocycles.